The molecule has 1 saturated carbocycles. The number of fused-ring (bicyclic) bond motifs is 2. The van der Waals surface area contributed by atoms with E-state index < -0.39 is 10.2 Å². The second-order valence-electron chi connectivity index (χ2n) is 7.85. The van der Waals surface area contributed by atoms with Gasteiger partial charge in [0.15, 0.2) is 0 Å². The van der Waals surface area contributed by atoms with Gasteiger partial charge in [0.05, 0.1) is 28.8 Å². The van der Waals surface area contributed by atoms with Gasteiger partial charge in [-0.15, -0.1) is 0 Å². The van der Waals surface area contributed by atoms with Gasteiger partial charge in [-0.2, -0.15) is 13.1 Å². The zero-order valence-corrected chi connectivity index (χ0v) is 17.8. The number of hydrogen-bond acceptors (Lipinski definition) is 6. The minimum Gasteiger partial charge on any atom is -0.367 e. The summed E-state index contributed by atoms with van der Waals surface area (Å²) in [5, 5.41) is 8.53. The average molecular weight is 431 g/mol. The van der Waals surface area contributed by atoms with Gasteiger partial charge in [-0.1, -0.05) is 12.1 Å². The van der Waals surface area contributed by atoms with Crippen molar-refractivity contribution in [2.75, 3.05) is 29.2 Å². The number of para-hydroxylation sites is 1. The Balaban J connectivity index is 1.53. The fourth-order valence-electron chi connectivity index (χ4n) is 4.21. The number of anilines is 4. The number of amides is 1. The van der Waals surface area contributed by atoms with Crippen LogP contribution in [0.15, 0.2) is 36.5 Å². The Hall–Kier alpha value is -2.69. The topological polar surface area (TPSA) is 121 Å². The summed E-state index contributed by atoms with van der Waals surface area (Å²) in [7, 11) is 0.0235. The van der Waals surface area contributed by atoms with E-state index in [1.54, 1.807) is 18.1 Å². The Bertz CT molecular complexity index is 1070. The van der Waals surface area contributed by atoms with Crippen molar-refractivity contribution in [2.45, 2.75) is 37.8 Å². The maximum atomic E-state index is 12.9. The number of pyridine rings is 1. The van der Waals surface area contributed by atoms with Crippen molar-refractivity contribution in [3.63, 3.8) is 0 Å². The summed E-state index contributed by atoms with van der Waals surface area (Å²) in [6, 6.07) is 9.57. The quantitative estimate of drug-likeness (QED) is 0.682. The molecule has 9 nitrogen and oxygen atoms in total. The van der Waals surface area contributed by atoms with Gasteiger partial charge < -0.3 is 15.1 Å². The number of nitrogens with one attached hydrogen (secondary N) is 2. The summed E-state index contributed by atoms with van der Waals surface area (Å²) in [5.74, 6) is 0.656. The van der Waals surface area contributed by atoms with E-state index in [2.05, 4.69) is 15.0 Å². The van der Waals surface area contributed by atoms with E-state index in [1.165, 1.54) is 0 Å². The Morgan fingerprint density at radius 2 is 1.67 bits per heavy atom. The van der Waals surface area contributed by atoms with E-state index in [-0.39, 0.29) is 18.0 Å². The lowest BCUT2D eigenvalue weighted by Crippen LogP contribution is -2.43. The first-order valence-electron chi connectivity index (χ1n) is 9.90. The fraction of sp³-hybridized carbons (Fsp3) is 0.400. The fourth-order valence-corrected chi connectivity index (χ4v) is 4.91. The summed E-state index contributed by atoms with van der Waals surface area (Å²) in [6.45, 7) is 0. The number of nitrogens with two attached hydrogens (primary N) is 1. The Kier molecular flexibility index (Phi) is 5.39. The van der Waals surface area contributed by atoms with E-state index in [1.807, 2.05) is 42.3 Å². The molecule has 0 spiro atoms. The summed E-state index contributed by atoms with van der Waals surface area (Å²) in [6.07, 6.45) is 4.76. The summed E-state index contributed by atoms with van der Waals surface area (Å²) < 4.78 is 24.9. The highest BCUT2D eigenvalue weighted by Crippen LogP contribution is 2.39. The van der Waals surface area contributed by atoms with Gasteiger partial charge in [-0.3, -0.25) is 4.79 Å². The van der Waals surface area contributed by atoms with Crippen molar-refractivity contribution in [3.05, 3.63) is 42.1 Å². The van der Waals surface area contributed by atoms with Gasteiger partial charge in [0, 0.05) is 32.2 Å². The van der Waals surface area contributed by atoms with Crippen LogP contribution in [0.25, 0.3) is 0 Å². The molecule has 1 amide bonds. The molecule has 4 rings (SSSR count). The van der Waals surface area contributed by atoms with E-state index in [0.717, 1.165) is 35.7 Å². The minimum absolute atomic E-state index is 0.0700. The van der Waals surface area contributed by atoms with Crippen molar-refractivity contribution < 1.29 is 13.2 Å². The molecule has 1 aromatic carbocycles. The lowest BCUT2D eigenvalue weighted by atomic mass is 9.92. The van der Waals surface area contributed by atoms with Crippen LogP contribution >= 0.6 is 0 Å². The van der Waals surface area contributed by atoms with Crippen LogP contribution < -0.4 is 25.0 Å². The molecule has 0 bridgehead atoms. The van der Waals surface area contributed by atoms with Crippen LogP contribution in [0, 0.1) is 0 Å². The number of hydrogen-bond donors (Lipinski definition) is 3. The molecule has 1 aromatic heterocycles. The van der Waals surface area contributed by atoms with Crippen molar-refractivity contribution in [3.8, 4) is 0 Å². The highest BCUT2D eigenvalue weighted by molar-refractivity contribution is 7.87. The van der Waals surface area contributed by atoms with Crippen molar-refractivity contribution >= 4 is 39.0 Å². The molecule has 4 N–H and O–H groups in total. The number of rotatable bonds is 4. The number of nitrogens with zero attached hydrogens (tertiary/aromatic N) is 3. The zero-order valence-electron chi connectivity index (χ0n) is 17.0. The molecule has 0 atom stereocenters. The van der Waals surface area contributed by atoms with Crippen molar-refractivity contribution in [1.29, 1.82) is 0 Å². The van der Waals surface area contributed by atoms with Crippen LogP contribution in [0.3, 0.4) is 0 Å². The highest BCUT2D eigenvalue weighted by atomic mass is 32.2. The monoisotopic (exact) mass is 430 g/mol. The Morgan fingerprint density at radius 1 is 1.00 bits per heavy atom. The minimum atomic E-state index is -3.67. The zero-order chi connectivity index (χ0) is 21.5. The number of carbonyl (C=O) groups excluding carboxylic acids is 1. The molecule has 30 heavy (non-hydrogen) atoms. The maximum Gasteiger partial charge on any atom is 0.274 e. The number of aromatic nitrogens is 1. The molecule has 1 aliphatic carbocycles. The van der Waals surface area contributed by atoms with Crippen LogP contribution in [0.2, 0.25) is 0 Å². The normalized spacial score (nSPS) is 21.6. The lowest BCUT2D eigenvalue weighted by Gasteiger charge is -2.30. The van der Waals surface area contributed by atoms with Gasteiger partial charge >= 0.3 is 0 Å². The largest absolute Gasteiger partial charge is 0.367 e. The van der Waals surface area contributed by atoms with Crippen LogP contribution in [-0.4, -0.2) is 45.5 Å². The molecule has 2 heterocycles. The molecule has 2 aliphatic rings. The van der Waals surface area contributed by atoms with Crippen LogP contribution in [0.1, 0.15) is 36.0 Å². The van der Waals surface area contributed by atoms with Gasteiger partial charge in [0.2, 0.25) is 0 Å². The van der Waals surface area contributed by atoms with Gasteiger partial charge in [0.1, 0.15) is 5.82 Å². The molecule has 0 radical (unpaired) electrons. The number of carbonyl (C=O) groups is 1. The van der Waals surface area contributed by atoms with Gasteiger partial charge in [0.25, 0.3) is 16.1 Å². The van der Waals surface area contributed by atoms with E-state index >= 15 is 0 Å². The summed E-state index contributed by atoms with van der Waals surface area (Å²) in [5.41, 5.74) is 3.12. The summed E-state index contributed by atoms with van der Waals surface area (Å²) >= 11 is 0. The molecule has 1 aliphatic heterocycles. The molecule has 0 unspecified atom stereocenters. The molecular weight excluding hydrogens is 404 g/mol. The van der Waals surface area contributed by atoms with E-state index in [4.69, 9.17) is 5.14 Å². The van der Waals surface area contributed by atoms with Crippen molar-refractivity contribution in [1.82, 2.24) is 9.71 Å². The molecular formula is C20H26N6O3S. The molecule has 0 saturated heterocycles. The molecule has 2 aromatic rings. The van der Waals surface area contributed by atoms with E-state index in [0.29, 0.717) is 18.4 Å². The maximum absolute atomic E-state index is 12.9. The first-order valence-corrected chi connectivity index (χ1v) is 11.4. The Labute approximate surface area is 176 Å². The lowest BCUT2D eigenvalue weighted by molar-refractivity contribution is 0.0994. The van der Waals surface area contributed by atoms with Crippen molar-refractivity contribution in [2.24, 2.45) is 5.14 Å². The van der Waals surface area contributed by atoms with Crippen LogP contribution in [0.4, 0.5) is 22.9 Å². The second kappa shape index (κ2) is 7.86. The smallest absolute Gasteiger partial charge is 0.274 e. The third kappa shape index (κ3) is 4.11. The second-order valence-corrected chi connectivity index (χ2v) is 9.18. The van der Waals surface area contributed by atoms with Gasteiger partial charge in [-0.25, -0.2) is 10.1 Å². The average Bonchev–Trinajstić information content (AvgIpc) is 2.79. The predicted octanol–water partition coefficient (Wildman–Crippen LogP) is 1.96. The molecule has 160 valence electrons. The Morgan fingerprint density at radius 3 is 2.37 bits per heavy atom. The third-order valence-corrected chi connectivity index (χ3v) is 6.46. The predicted molar refractivity (Wildman–Crippen MR) is 117 cm³/mol. The van der Waals surface area contributed by atoms with Crippen LogP contribution in [0.5, 0.6) is 0 Å². The van der Waals surface area contributed by atoms with Crippen LogP contribution in [-0.2, 0) is 10.2 Å². The third-order valence-electron chi connectivity index (χ3n) is 5.80. The number of benzene rings is 1. The molecule has 1 fully saturated rings. The first-order chi connectivity index (χ1) is 14.2. The van der Waals surface area contributed by atoms with Gasteiger partial charge in [-0.05, 0) is 37.8 Å². The van der Waals surface area contributed by atoms with E-state index in [9.17, 15) is 13.2 Å². The highest BCUT2D eigenvalue weighted by Gasteiger charge is 2.28. The standard InChI is InChI=1S/C20H26N6O3S/c1-25-16-6-4-3-5-15(16)20(27)26(2)18-12-22-19(11-17(18)25)23-13-7-9-14(10-8-13)24-30(21,28)29/h3-6,11-14,24H,7-10H2,1-2H3,(H,22,23)(H2,21,28,29)/t13-,14-. The molecule has 10 heteroatoms. The first kappa shape index (κ1) is 20.6. The SMILES string of the molecule is CN1C(=O)c2ccccc2N(C)c2cc(N[C@H]3CC[C@H](NS(N)(=O)=O)CC3)ncc21. The summed E-state index contributed by atoms with van der Waals surface area (Å²) in [4.78, 5) is 21.0.